The van der Waals surface area contributed by atoms with E-state index in [1.54, 1.807) is 6.20 Å². The van der Waals surface area contributed by atoms with Crippen molar-refractivity contribution >= 4 is 28.5 Å². The minimum atomic E-state index is -0.339. The van der Waals surface area contributed by atoms with Crippen LogP contribution in [0.4, 0.5) is 0 Å². The first-order valence-electron chi connectivity index (χ1n) is 8.90. The molecule has 1 heterocycles. The molecule has 0 aliphatic carbocycles. The maximum atomic E-state index is 12.4. The average molecular weight is 387 g/mol. The Morgan fingerprint density at radius 2 is 1.96 bits per heavy atom. The van der Waals surface area contributed by atoms with Gasteiger partial charge in [-0.2, -0.15) is 0 Å². The highest BCUT2D eigenvalue weighted by atomic mass is 35.5. The van der Waals surface area contributed by atoms with Crippen LogP contribution in [-0.4, -0.2) is 30.7 Å². The third kappa shape index (κ3) is 4.43. The lowest BCUT2D eigenvalue weighted by molar-refractivity contribution is 0.0461. The van der Waals surface area contributed by atoms with Gasteiger partial charge in [-0.05, 0) is 35.7 Å². The van der Waals surface area contributed by atoms with Crippen LogP contribution in [0.3, 0.4) is 0 Å². The molecule has 0 amide bonds. The molecular weight excluding hydrogens is 364 g/mol. The standard InChI is InChI=1S/C21H23ClN2O3/c1-13(2)12-27-21(25)18-11-24-20-10-19(22)16(9-17(18)20)14-3-5-15(6-4-14)26-8-7-23/h3-6,9-11,13,24H,7-8,12,23H2,1-2H3. The van der Waals surface area contributed by atoms with Crippen molar-refractivity contribution < 1.29 is 14.3 Å². The molecule has 0 unspecified atom stereocenters. The Kier molecular flexibility index (Phi) is 6.04. The first-order chi connectivity index (χ1) is 13.0. The highest BCUT2D eigenvalue weighted by molar-refractivity contribution is 6.34. The number of halogens is 1. The van der Waals surface area contributed by atoms with E-state index >= 15 is 0 Å². The lowest BCUT2D eigenvalue weighted by Gasteiger charge is -2.09. The number of fused-ring (bicyclic) bond motifs is 1. The number of esters is 1. The zero-order valence-electron chi connectivity index (χ0n) is 15.4. The van der Waals surface area contributed by atoms with Crippen LogP contribution in [0.15, 0.2) is 42.6 Å². The Hall–Kier alpha value is -2.50. The van der Waals surface area contributed by atoms with Crippen LogP contribution in [0, 0.1) is 5.92 Å². The van der Waals surface area contributed by atoms with Gasteiger partial charge in [-0.1, -0.05) is 37.6 Å². The molecule has 0 atom stereocenters. The molecule has 0 saturated heterocycles. The van der Waals surface area contributed by atoms with Crippen molar-refractivity contribution in [2.75, 3.05) is 19.8 Å². The molecule has 5 nitrogen and oxygen atoms in total. The molecule has 3 rings (SSSR count). The number of benzene rings is 2. The monoisotopic (exact) mass is 386 g/mol. The van der Waals surface area contributed by atoms with E-state index in [9.17, 15) is 4.79 Å². The highest BCUT2D eigenvalue weighted by Gasteiger charge is 2.16. The lowest BCUT2D eigenvalue weighted by atomic mass is 10.0. The van der Waals surface area contributed by atoms with Gasteiger partial charge in [0.05, 0.1) is 17.2 Å². The molecule has 142 valence electrons. The molecule has 6 heteroatoms. The van der Waals surface area contributed by atoms with Gasteiger partial charge in [-0.15, -0.1) is 0 Å². The summed E-state index contributed by atoms with van der Waals surface area (Å²) in [6.45, 7) is 5.32. The van der Waals surface area contributed by atoms with Gasteiger partial charge in [0, 0.05) is 29.2 Å². The number of ether oxygens (including phenoxy) is 2. The molecule has 0 spiro atoms. The topological polar surface area (TPSA) is 77.3 Å². The number of hydrogen-bond acceptors (Lipinski definition) is 4. The van der Waals surface area contributed by atoms with E-state index in [0.717, 1.165) is 27.8 Å². The molecule has 0 bridgehead atoms. The minimum Gasteiger partial charge on any atom is -0.492 e. The van der Waals surface area contributed by atoms with Crippen molar-refractivity contribution in [1.82, 2.24) is 4.98 Å². The second kappa shape index (κ2) is 8.46. The number of nitrogens with two attached hydrogens (primary N) is 1. The minimum absolute atomic E-state index is 0.282. The normalized spacial score (nSPS) is 11.1. The molecule has 3 aromatic rings. The number of hydrogen-bond donors (Lipinski definition) is 2. The molecular formula is C21H23ClN2O3. The summed E-state index contributed by atoms with van der Waals surface area (Å²) in [6.07, 6.45) is 1.66. The molecule has 0 fully saturated rings. The van der Waals surface area contributed by atoms with Crippen LogP contribution in [0.25, 0.3) is 22.0 Å². The van der Waals surface area contributed by atoms with E-state index < -0.39 is 0 Å². The fourth-order valence-corrected chi connectivity index (χ4v) is 3.03. The molecule has 2 aromatic carbocycles. The summed E-state index contributed by atoms with van der Waals surface area (Å²) < 4.78 is 10.9. The first-order valence-corrected chi connectivity index (χ1v) is 9.28. The Bertz CT molecular complexity index is 932. The predicted molar refractivity (Wildman–Crippen MR) is 108 cm³/mol. The maximum Gasteiger partial charge on any atom is 0.340 e. The Morgan fingerprint density at radius 3 is 2.63 bits per heavy atom. The molecule has 0 aliphatic heterocycles. The van der Waals surface area contributed by atoms with Gasteiger partial charge in [0.1, 0.15) is 12.4 Å². The second-order valence-electron chi connectivity index (χ2n) is 6.73. The van der Waals surface area contributed by atoms with Crippen LogP contribution in [0.1, 0.15) is 24.2 Å². The molecule has 0 saturated carbocycles. The van der Waals surface area contributed by atoms with E-state index in [4.69, 9.17) is 26.8 Å². The molecule has 3 N–H and O–H groups in total. The van der Waals surface area contributed by atoms with Gasteiger partial charge in [0.15, 0.2) is 0 Å². The van der Waals surface area contributed by atoms with Crippen molar-refractivity contribution in [2.45, 2.75) is 13.8 Å². The lowest BCUT2D eigenvalue weighted by Crippen LogP contribution is -2.10. The third-order valence-electron chi connectivity index (χ3n) is 4.09. The summed E-state index contributed by atoms with van der Waals surface area (Å²) in [5, 5.41) is 1.38. The quantitative estimate of drug-likeness (QED) is 0.580. The summed E-state index contributed by atoms with van der Waals surface area (Å²) in [4.78, 5) is 15.5. The first kappa shape index (κ1) is 19.3. The van der Waals surface area contributed by atoms with Crippen LogP contribution in [0.5, 0.6) is 5.75 Å². The summed E-state index contributed by atoms with van der Waals surface area (Å²) in [6, 6.07) is 11.4. The SMILES string of the molecule is CC(C)COC(=O)c1c[nH]c2cc(Cl)c(-c3ccc(OCCN)cc3)cc12. The van der Waals surface area contributed by atoms with E-state index in [1.165, 1.54) is 0 Å². The molecule has 0 radical (unpaired) electrons. The predicted octanol–water partition coefficient (Wildman–Crippen LogP) is 4.64. The van der Waals surface area contributed by atoms with E-state index in [-0.39, 0.29) is 11.9 Å². The molecule has 27 heavy (non-hydrogen) atoms. The van der Waals surface area contributed by atoms with E-state index in [1.807, 2.05) is 50.2 Å². The van der Waals surface area contributed by atoms with E-state index in [2.05, 4.69) is 4.98 Å². The number of aromatic amines is 1. The average Bonchev–Trinajstić information content (AvgIpc) is 3.07. The summed E-state index contributed by atoms with van der Waals surface area (Å²) in [5.41, 5.74) is 8.53. The fourth-order valence-electron chi connectivity index (χ4n) is 2.76. The summed E-state index contributed by atoms with van der Waals surface area (Å²) in [5.74, 6) is 0.693. The van der Waals surface area contributed by atoms with Crippen LogP contribution in [-0.2, 0) is 4.74 Å². The van der Waals surface area contributed by atoms with E-state index in [0.29, 0.717) is 30.3 Å². The third-order valence-corrected chi connectivity index (χ3v) is 4.40. The van der Waals surface area contributed by atoms with Crippen molar-refractivity contribution in [3.8, 4) is 16.9 Å². The van der Waals surface area contributed by atoms with Gasteiger partial charge in [0.2, 0.25) is 0 Å². The van der Waals surface area contributed by atoms with Gasteiger partial charge >= 0.3 is 5.97 Å². The number of H-pyrrole nitrogens is 1. The molecule has 1 aromatic heterocycles. The van der Waals surface area contributed by atoms with Gasteiger partial charge in [0.25, 0.3) is 0 Å². The van der Waals surface area contributed by atoms with Gasteiger partial charge in [-0.25, -0.2) is 4.79 Å². The fraction of sp³-hybridized carbons (Fsp3) is 0.286. The second-order valence-corrected chi connectivity index (χ2v) is 7.14. The largest absolute Gasteiger partial charge is 0.492 e. The van der Waals surface area contributed by atoms with Crippen LogP contribution < -0.4 is 10.5 Å². The highest BCUT2D eigenvalue weighted by Crippen LogP contribution is 2.34. The molecule has 0 aliphatic rings. The summed E-state index contributed by atoms with van der Waals surface area (Å²) in [7, 11) is 0. The van der Waals surface area contributed by atoms with Gasteiger partial charge < -0.3 is 20.2 Å². The zero-order chi connectivity index (χ0) is 19.4. The summed E-state index contributed by atoms with van der Waals surface area (Å²) >= 11 is 6.47. The van der Waals surface area contributed by atoms with Crippen molar-refractivity contribution in [3.63, 3.8) is 0 Å². The number of nitrogens with one attached hydrogen (secondary N) is 1. The number of carbonyl (C=O) groups excluding carboxylic acids is 1. The van der Waals surface area contributed by atoms with Gasteiger partial charge in [-0.3, -0.25) is 0 Å². The van der Waals surface area contributed by atoms with Crippen LogP contribution in [0.2, 0.25) is 5.02 Å². The Balaban J connectivity index is 1.93. The van der Waals surface area contributed by atoms with Crippen molar-refractivity contribution in [3.05, 3.63) is 53.2 Å². The number of rotatable bonds is 7. The Labute approximate surface area is 163 Å². The van der Waals surface area contributed by atoms with Crippen LogP contribution >= 0.6 is 11.6 Å². The van der Waals surface area contributed by atoms with Crippen molar-refractivity contribution in [1.29, 1.82) is 0 Å². The smallest absolute Gasteiger partial charge is 0.340 e. The number of carbonyl (C=O) groups is 1. The Morgan fingerprint density at radius 1 is 1.22 bits per heavy atom. The van der Waals surface area contributed by atoms with Crippen molar-refractivity contribution in [2.24, 2.45) is 11.7 Å². The zero-order valence-corrected chi connectivity index (χ0v) is 16.2. The maximum absolute atomic E-state index is 12.4. The number of aromatic nitrogens is 1.